The molecule has 0 amide bonds. The zero-order valence-electron chi connectivity index (χ0n) is 9.54. The zero-order valence-corrected chi connectivity index (χ0v) is 9.54. The number of halogens is 2. The molecule has 0 aromatic heterocycles. The molecule has 1 rings (SSSR count). The molecule has 0 heterocycles. The first-order chi connectivity index (χ1) is 7.52. The minimum absolute atomic E-state index is 0.0261. The molecule has 4 heteroatoms. The lowest BCUT2D eigenvalue weighted by molar-refractivity contribution is -0.0505. The van der Waals surface area contributed by atoms with Crippen LogP contribution in [0.3, 0.4) is 0 Å². The van der Waals surface area contributed by atoms with Gasteiger partial charge in [-0.05, 0) is 31.4 Å². The third kappa shape index (κ3) is 3.77. The van der Waals surface area contributed by atoms with Gasteiger partial charge in [0.05, 0.1) is 0 Å². The van der Waals surface area contributed by atoms with Crippen molar-refractivity contribution in [3.05, 3.63) is 29.3 Å². The van der Waals surface area contributed by atoms with Crippen LogP contribution in [0.1, 0.15) is 24.5 Å². The van der Waals surface area contributed by atoms with Gasteiger partial charge < -0.3 is 10.5 Å². The molecular formula is C12H17F2NO. The van der Waals surface area contributed by atoms with Gasteiger partial charge in [-0.2, -0.15) is 8.78 Å². The van der Waals surface area contributed by atoms with Crippen LogP contribution >= 0.6 is 0 Å². The Bertz CT molecular complexity index is 342. The Labute approximate surface area is 94.4 Å². The molecule has 0 radical (unpaired) electrons. The van der Waals surface area contributed by atoms with Crippen molar-refractivity contribution in [3.8, 4) is 5.75 Å². The van der Waals surface area contributed by atoms with Crippen molar-refractivity contribution in [1.29, 1.82) is 0 Å². The Morgan fingerprint density at radius 2 is 2.06 bits per heavy atom. The van der Waals surface area contributed by atoms with Gasteiger partial charge in [-0.25, -0.2) is 0 Å². The third-order valence-electron chi connectivity index (χ3n) is 2.44. The largest absolute Gasteiger partial charge is 0.435 e. The van der Waals surface area contributed by atoms with Gasteiger partial charge in [0.15, 0.2) is 0 Å². The van der Waals surface area contributed by atoms with E-state index in [-0.39, 0.29) is 11.8 Å². The Kier molecular flexibility index (Phi) is 4.68. The lowest BCUT2D eigenvalue weighted by Gasteiger charge is -2.14. The van der Waals surface area contributed by atoms with Crippen LogP contribution in [0, 0.1) is 6.92 Å². The fraction of sp³-hybridized carbons (Fsp3) is 0.500. The normalized spacial score (nSPS) is 12.9. The standard InChI is InChI=1S/C12H17F2NO/c1-3-10(15)7-9-6-8(2)4-5-11(9)16-12(13)14/h4-6,10,12H,3,7,15H2,1-2H3. The summed E-state index contributed by atoms with van der Waals surface area (Å²) in [5.41, 5.74) is 7.57. The van der Waals surface area contributed by atoms with Crippen LogP contribution in [0.25, 0.3) is 0 Å². The second kappa shape index (κ2) is 5.80. The van der Waals surface area contributed by atoms with Gasteiger partial charge in [0.25, 0.3) is 0 Å². The van der Waals surface area contributed by atoms with Crippen molar-refractivity contribution in [3.63, 3.8) is 0 Å². The van der Waals surface area contributed by atoms with Crippen molar-refractivity contribution >= 4 is 0 Å². The Hall–Kier alpha value is -1.16. The Morgan fingerprint density at radius 3 is 2.62 bits per heavy atom. The average molecular weight is 229 g/mol. The van der Waals surface area contributed by atoms with Crippen LogP contribution in [-0.4, -0.2) is 12.7 Å². The summed E-state index contributed by atoms with van der Waals surface area (Å²) >= 11 is 0. The van der Waals surface area contributed by atoms with E-state index < -0.39 is 6.61 Å². The zero-order chi connectivity index (χ0) is 12.1. The molecule has 0 saturated heterocycles. The van der Waals surface area contributed by atoms with Crippen molar-refractivity contribution in [2.75, 3.05) is 0 Å². The molecule has 1 atom stereocenters. The van der Waals surface area contributed by atoms with E-state index >= 15 is 0 Å². The van der Waals surface area contributed by atoms with Gasteiger partial charge >= 0.3 is 6.61 Å². The molecule has 1 aromatic carbocycles. The highest BCUT2D eigenvalue weighted by Crippen LogP contribution is 2.23. The Balaban J connectivity index is 2.89. The monoisotopic (exact) mass is 229 g/mol. The predicted molar refractivity (Wildman–Crippen MR) is 59.8 cm³/mol. The summed E-state index contributed by atoms with van der Waals surface area (Å²) in [5.74, 6) is 0.226. The molecule has 0 saturated carbocycles. The topological polar surface area (TPSA) is 35.2 Å². The van der Waals surface area contributed by atoms with Crippen molar-refractivity contribution in [1.82, 2.24) is 0 Å². The van der Waals surface area contributed by atoms with E-state index in [9.17, 15) is 8.78 Å². The quantitative estimate of drug-likeness (QED) is 0.842. The van der Waals surface area contributed by atoms with Gasteiger partial charge in [0, 0.05) is 6.04 Å². The van der Waals surface area contributed by atoms with Gasteiger partial charge in [0.2, 0.25) is 0 Å². The smallest absolute Gasteiger partial charge is 0.387 e. The van der Waals surface area contributed by atoms with Crippen LogP contribution in [-0.2, 0) is 6.42 Å². The second-order valence-electron chi connectivity index (χ2n) is 3.86. The minimum atomic E-state index is -2.79. The molecule has 0 aliphatic carbocycles. The second-order valence-corrected chi connectivity index (χ2v) is 3.86. The summed E-state index contributed by atoms with van der Waals surface area (Å²) in [7, 11) is 0. The molecule has 2 N–H and O–H groups in total. The SMILES string of the molecule is CCC(N)Cc1cc(C)ccc1OC(F)F. The molecule has 1 aromatic rings. The maximum absolute atomic E-state index is 12.2. The molecule has 0 aliphatic rings. The summed E-state index contributed by atoms with van der Waals surface area (Å²) in [6.45, 7) is 1.08. The fourth-order valence-corrected chi connectivity index (χ4v) is 1.51. The number of hydrogen-bond donors (Lipinski definition) is 1. The number of alkyl halides is 2. The highest BCUT2D eigenvalue weighted by atomic mass is 19.3. The molecule has 0 fully saturated rings. The van der Waals surface area contributed by atoms with Crippen LogP contribution in [0.5, 0.6) is 5.75 Å². The Morgan fingerprint density at radius 1 is 1.38 bits per heavy atom. The van der Waals surface area contributed by atoms with Crippen LogP contribution in [0.2, 0.25) is 0 Å². The predicted octanol–water partition coefficient (Wildman–Crippen LogP) is 2.88. The van der Waals surface area contributed by atoms with E-state index in [1.165, 1.54) is 0 Å². The first-order valence-electron chi connectivity index (χ1n) is 5.32. The van der Waals surface area contributed by atoms with Gasteiger partial charge in [0.1, 0.15) is 5.75 Å². The number of benzene rings is 1. The molecule has 0 bridgehead atoms. The van der Waals surface area contributed by atoms with E-state index in [2.05, 4.69) is 4.74 Å². The molecular weight excluding hydrogens is 212 g/mol. The highest BCUT2D eigenvalue weighted by Gasteiger charge is 2.11. The first kappa shape index (κ1) is 12.9. The summed E-state index contributed by atoms with van der Waals surface area (Å²) in [6.07, 6.45) is 1.36. The van der Waals surface area contributed by atoms with Crippen molar-refractivity contribution in [2.24, 2.45) is 5.73 Å². The van der Waals surface area contributed by atoms with Crippen molar-refractivity contribution in [2.45, 2.75) is 39.3 Å². The third-order valence-corrected chi connectivity index (χ3v) is 2.44. The van der Waals surface area contributed by atoms with Crippen LogP contribution in [0.15, 0.2) is 18.2 Å². The van der Waals surface area contributed by atoms with E-state index in [1.54, 1.807) is 12.1 Å². The first-order valence-corrected chi connectivity index (χ1v) is 5.32. The molecule has 1 unspecified atom stereocenters. The summed E-state index contributed by atoms with van der Waals surface area (Å²) < 4.78 is 28.8. The maximum atomic E-state index is 12.2. The molecule has 0 spiro atoms. The van der Waals surface area contributed by atoms with E-state index in [1.807, 2.05) is 19.9 Å². The van der Waals surface area contributed by atoms with Crippen molar-refractivity contribution < 1.29 is 13.5 Å². The summed E-state index contributed by atoms with van der Waals surface area (Å²) in [4.78, 5) is 0. The minimum Gasteiger partial charge on any atom is -0.435 e. The molecule has 2 nitrogen and oxygen atoms in total. The number of nitrogens with two attached hydrogens (primary N) is 1. The number of ether oxygens (including phenoxy) is 1. The molecule has 90 valence electrons. The molecule has 16 heavy (non-hydrogen) atoms. The fourth-order valence-electron chi connectivity index (χ4n) is 1.51. The summed E-state index contributed by atoms with van der Waals surface area (Å²) in [5, 5.41) is 0. The number of rotatable bonds is 5. The van der Waals surface area contributed by atoms with E-state index in [0.29, 0.717) is 6.42 Å². The van der Waals surface area contributed by atoms with Gasteiger partial charge in [-0.3, -0.25) is 0 Å². The summed E-state index contributed by atoms with van der Waals surface area (Å²) in [6, 6.07) is 5.13. The van der Waals surface area contributed by atoms with E-state index in [0.717, 1.165) is 17.5 Å². The lowest BCUT2D eigenvalue weighted by Crippen LogP contribution is -2.22. The van der Waals surface area contributed by atoms with Gasteiger partial charge in [-0.15, -0.1) is 0 Å². The van der Waals surface area contributed by atoms with Gasteiger partial charge in [-0.1, -0.05) is 24.6 Å². The van der Waals surface area contributed by atoms with E-state index in [4.69, 9.17) is 5.73 Å². The lowest BCUT2D eigenvalue weighted by atomic mass is 10.0. The van der Waals surface area contributed by atoms with Crippen LogP contribution < -0.4 is 10.5 Å². The maximum Gasteiger partial charge on any atom is 0.387 e. The average Bonchev–Trinajstić information content (AvgIpc) is 2.21. The highest BCUT2D eigenvalue weighted by molar-refractivity contribution is 5.37. The van der Waals surface area contributed by atoms with Crippen LogP contribution in [0.4, 0.5) is 8.78 Å². The number of hydrogen-bond acceptors (Lipinski definition) is 2. The number of aryl methyl sites for hydroxylation is 1. The molecule has 0 aliphatic heterocycles.